The molecule has 0 aromatic heterocycles. The van der Waals surface area contributed by atoms with Gasteiger partial charge in [-0.25, -0.2) is 9.59 Å². The average molecular weight is 309 g/mol. The van der Waals surface area contributed by atoms with Crippen LogP contribution in [0.3, 0.4) is 0 Å². The number of nitrogens with one attached hydrogen (secondary N) is 1. The molecule has 0 unspecified atom stereocenters. The molecule has 0 heterocycles. The topological polar surface area (TPSA) is 75.6 Å². The fourth-order valence-corrected chi connectivity index (χ4v) is 3.51. The molecule has 2 rings (SSSR count). The van der Waals surface area contributed by atoms with Crippen molar-refractivity contribution < 1.29 is 19.4 Å². The number of amides is 1. The molecule has 0 radical (unpaired) electrons. The van der Waals surface area contributed by atoms with Gasteiger partial charge in [-0.1, -0.05) is 18.9 Å². The van der Waals surface area contributed by atoms with Gasteiger partial charge in [-0.3, -0.25) is 0 Å². The number of ether oxygens (including phenoxy) is 1. The lowest BCUT2D eigenvalue weighted by Crippen LogP contribution is -2.46. The van der Waals surface area contributed by atoms with E-state index in [1.165, 1.54) is 0 Å². The van der Waals surface area contributed by atoms with Gasteiger partial charge in [-0.15, -0.1) is 6.58 Å². The van der Waals surface area contributed by atoms with Crippen molar-refractivity contribution in [3.63, 3.8) is 0 Å². The summed E-state index contributed by atoms with van der Waals surface area (Å²) in [5.74, 6) is -0.555. The Morgan fingerprint density at radius 3 is 2.73 bits per heavy atom. The second-order valence-corrected chi connectivity index (χ2v) is 6.83. The molecule has 5 nitrogen and oxygen atoms in total. The molecule has 0 aromatic carbocycles. The van der Waals surface area contributed by atoms with E-state index in [0.29, 0.717) is 5.92 Å². The van der Waals surface area contributed by atoms with Gasteiger partial charge in [0.1, 0.15) is 11.6 Å². The molecule has 3 atom stereocenters. The van der Waals surface area contributed by atoms with Crippen molar-refractivity contribution in [1.82, 2.24) is 5.32 Å². The quantitative estimate of drug-likeness (QED) is 0.531. The van der Waals surface area contributed by atoms with Gasteiger partial charge >= 0.3 is 12.1 Å². The van der Waals surface area contributed by atoms with Crippen LogP contribution in [0.5, 0.6) is 0 Å². The molecular weight excluding hydrogens is 282 g/mol. The molecule has 2 aliphatic rings. The predicted octanol–water partition coefficient (Wildman–Crippen LogP) is 3.49. The van der Waals surface area contributed by atoms with E-state index >= 15 is 0 Å². The average Bonchev–Trinajstić information content (AvgIpc) is 2.89. The first-order valence-electron chi connectivity index (χ1n) is 8.29. The Kier molecular flexibility index (Phi) is 5.48. The van der Waals surface area contributed by atoms with Crippen molar-refractivity contribution in [2.75, 3.05) is 0 Å². The van der Waals surface area contributed by atoms with Crippen molar-refractivity contribution in [2.45, 2.75) is 69.9 Å². The fraction of sp³-hybridized carbons (Fsp3) is 0.765. The van der Waals surface area contributed by atoms with Gasteiger partial charge in [0.15, 0.2) is 0 Å². The Bertz CT molecular complexity index is 430. The molecule has 1 amide bonds. The lowest BCUT2D eigenvalue weighted by Gasteiger charge is -2.22. The third kappa shape index (κ3) is 4.24. The molecule has 2 aliphatic carbocycles. The van der Waals surface area contributed by atoms with E-state index in [2.05, 4.69) is 11.9 Å². The van der Waals surface area contributed by atoms with Gasteiger partial charge in [0.25, 0.3) is 0 Å². The summed E-state index contributed by atoms with van der Waals surface area (Å²) in [5, 5.41) is 11.9. The van der Waals surface area contributed by atoms with Crippen LogP contribution in [0.25, 0.3) is 0 Å². The van der Waals surface area contributed by atoms with Crippen molar-refractivity contribution in [3.8, 4) is 0 Å². The third-order valence-electron chi connectivity index (χ3n) is 5.05. The number of alkyl carbamates (subject to hydrolysis) is 1. The van der Waals surface area contributed by atoms with E-state index in [4.69, 9.17) is 4.74 Å². The molecule has 0 saturated heterocycles. The molecule has 2 N–H and O–H groups in total. The summed E-state index contributed by atoms with van der Waals surface area (Å²) in [5.41, 5.74) is -0.427. The molecule has 5 heteroatoms. The fourth-order valence-electron chi connectivity index (χ4n) is 3.51. The van der Waals surface area contributed by atoms with Crippen LogP contribution in [-0.4, -0.2) is 28.8 Å². The Labute approximate surface area is 132 Å². The normalized spacial score (nSPS) is 28.9. The highest BCUT2D eigenvalue weighted by molar-refractivity contribution is 5.80. The lowest BCUT2D eigenvalue weighted by atomic mass is 9.98. The Morgan fingerprint density at radius 1 is 1.45 bits per heavy atom. The summed E-state index contributed by atoms with van der Waals surface area (Å²) < 4.78 is 5.49. The number of unbranched alkanes of at least 4 members (excludes halogenated alkanes) is 1. The molecule has 2 saturated carbocycles. The summed E-state index contributed by atoms with van der Waals surface area (Å²) in [6.45, 7) is 5.63. The predicted molar refractivity (Wildman–Crippen MR) is 83.6 cm³/mol. The van der Waals surface area contributed by atoms with Crippen molar-refractivity contribution >= 4 is 12.1 Å². The van der Waals surface area contributed by atoms with Crippen molar-refractivity contribution in [1.29, 1.82) is 0 Å². The monoisotopic (exact) mass is 309 g/mol. The van der Waals surface area contributed by atoms with Gasteiger partial charge in [-0.05, 0) is 51.4 Å². The van der Waals surface area contributed by atoms with Crippen molar-refractivity contribution in [2.24, 2.45) is 11.8 Å². The molecule has 124 valence electrons. The molecule has 2 fully saturated rings. The first-order chi connectivity index (χ1) is 10.5. The number of carbonyl (C=O) groups excluding carboxylic acids is 1. The van der Waals surface area contributed by atoms with E-state index in [1.54, 1.807) is 0 Å². The maximum absolute atomic E-state index is 12.0. The number of allylic oxidation sites excluding steroid dienone is 1. The zero-order valence-electron chi connectivity index (χ0n) is 13.3. The number of carbonyl (C=O) groups is 2. The maximum Gasteiger partial charge on any atom is 0.408 e. The molecule has 0 aliphatic heterocycles. The standard InChI is InChI=1S/C17H27NO4/c1-3-4-5-10-13-11-17(13,2)22-16(21)18-14(15(19)20)12-8-6-7-9-12/h3,12-14H,1,4-11H2,2H3,(H,18,21)(H,19,20)/t13-,14+,17-/m1/s1. The van der Waals surface area contributed by atoms with Gasteiger partial charge in [0.05, 0.1) is 0 Å². The van der Waals surface area contributed by atoms with Gasteiger partial charge in [0.2, 0.25) is 0 Å². The van der Waals surface area contributed by atoms with E-state index in [-0.39, 0.29) is 5.92 Å². The zero-order chi connectivity index (χ0) is 16.2. The Hall–Kier alpha value is -1.52. The Balaban J connectivity index is 1.79. The van der Waals surface area contributed by atoms with E-state index in [9.17, 15) is 14.7 Å². The highest BCUT2D eigenvalue weighted by Gasteiger charge is 2.53. The van der Waals surface area contributed by atoms with Crippen LogP contribution in [0.15, 0.2) is 12.7 Å². The second-order valence-electron chi connectivity index (χ2n) is 6.83. The molecule has 0 aromatic rings. The van der Waals surface area contributed by atoms with E-state index in [0.717, 1.165) is 51.4 Å². The first-order valence-corrected chi connectivity index (χ1v) is 8.29. The SMILES string of the molecule is C=CCCC[C@@H]1C[C@@]1(C)OC(=O)N[C@H](C(=O)O)C1CCCC1. The van der Waals surface area contributed by atoms with E-state index < -0.39 is 23.7 Å². The van der Waals surface area contributed by atoms with Gasteiger partial charge in [0, 0.05) is 5.92 Å². The number of hydrogen-bond acceptors (Lipinski definition) is 3. The van der Waals surface area contributed by atoms with Crippen LogP contribution in [0.4, 0.5) is 4.79 Å². The highest BCUT2D eigenvalue weighted by atomic mass is 16.6. The number of carboxylic acid groups (broad SMARTS) is 1. The third-order valence-corrected chi connectivity index (χ3v) is 5.05. The number of rotatable bonds is 8. The van der Waals surface area contributed by atoms with Gasteiger partial charge in [-0.2, -0.15) is 0 Å². The van der Waals surface area contributed by atoms with Crippen LogP contribution < -0.4 is 5.32 Å². The zero-order valence-corrected chi connectivity index (χ0v) is 13.3. The number of aliphatic carboxylic acids is 1. The summed E-state index contributed by atoms with van der Waals surface area (Å²) in [7, 11) is 0. The van der Waals surface area contributed by atoms with E-state index in [1.807, 2.05) is 13.0 Å². The number of carboxylic acids is 1. The van der Waals surface area contributed by atoms with Crippen LogP contribution in [0.1, 0.15) is 58.3 Å². The summed E-state index contributed by atoms with van der Waals surface area (Å²) >= 11 is 0. The molecule has 0 spiro atoms. The van der Waals surface area contributed by atoms with Crippen LogP contribution in [0, 0.1) is 11.8 Å². The largest absolute Gasteiger partial charge is 0.480 e. The van der Waals surface area contributed by atoms with Crippen molar-refractivity contribution in [3.05, 3.63) is 12.7 Å². The second kappa shape index (κ2) is 7.16. The maximum atomic E-state index is 12.0. The van der Waals surface area contributed by atoms with Crippen LogP contribution in [0.2, 0.25) is 0 Å². The minimum atomic E-state index is -0.965. The number of hydrogen-bond donors (Lipinski definition) is 2. The molecule has 0 bridgehead atoms. The Morgan fingerprint density at radius 2 is 2.14 bits per heavy atom. The van der Waals surface area contributed by atoms with Crippen LogP contribution >= 0.6 is 0 Å². The first kappa shape index (κ1) is 16.8. The minimum absolute atomic E-state index is 0.0282. The minimum Gasteiger partial charge on any atom is -0.480 e. The molecule has 22 heavy (non-hydrogen) atoms. The van der Waals surface area contributed by atoms with Crippen LogP contribution in [-0.2, 0) is 9.53 Å². The van der Waals surface area contributed by atoms with Gasteiger partial charge < -0.3 is 15.2 Å². The highest BCUT2D eigenvalue weighted by Crippen LogP contribution is 2.49. The summed E-state index contributed by atoms with van der Waals surface area (Å²) in [6.07, 6.45) is 9.00. The summed E-state index contributed by atoms with van der Waals surface area (Å²) in [6, 6.07) is -0.823. The summed E-state index contributed by atoms with van der Waals surface area (Å²) in [4.78, 5) is 23.4. The molecular formula is C17H27NO4. The lowest BCUT2D eigenvalue weighted by molar-refractivity contribution is -0.140. The smallest absolute Gasteiger partial charge is 0.408 e.